The lowest BCUT2D eigenvalue weighted by atomic mass is 10.2. The van der Waals surface area contributed by atoms with Gasteiger partial charge in [0.25, 0.3) is 0 Å². The Morgan fingerprint density at radius 3 is 2.52 bits per heavy atom. The average Bonchev–Trinajstić information content (AvgIpc) is 3.12. The van der Waals surface area contributed by atoms with Crippen LogP contribution >= 0.6 is 0 Å². The summed E-state index contributed by atoms with van der Waals surface area (Å²) < 4.78 is 37.2. The topological polar surface area (TPSA) is 84.9 Å². The predicted octanol–water partition coefficient (Wildman–Crippen LogP) is 2.05. The Kier molecular flexibility index (Phi) is 5.67. The van der Waals surface area contributed by atoms with E-state index in [1.54, 1.807) is 43.3 Å². The number of carbonyl (C=O) groups is 1. The van der Waals surface area contributed by atoms with Gasteiger partial charge in [-0.15, -0.1) is 0 Å². The molecule has 1 amide bonds. The first-order chi connectivity index (χ1) is 12.9. The van der Waals surface area contributed by atoms with E-state index >= 15 is 0 Å². The summed E-state index contributed by atoms with van der Waals surface area (Å²) >= 11 is 0. The minimum atomic E-state index is -3.72. The Hall–Kier alpha value is -2.58. The van der Waals surface area contributed by atoms with Crippen molar-refractivity contribution in [3.8, 4) is 11.5 Å². The van der Waals surface area contributed by atoms with Gasteiger partial charge in [-0.1, -0.05) is 30.7 Å². The number of aryl methyl sites for hydroxylation is 1. The molecule has 1 heterocycles. The van der Waals surface area contributed by atoms with Gasteiger partial charge in [0.1, 0.15) is 0 Å². The monoisotopic (exact) mass is 390 g/mol. The number of carbonyl (C=O) groups excluding carboxylic acids is 1. The number of fused-ring (bicyclic) bond motifs is 1. The number of ether oxygens (including phenoxy) is 2. The lowest BCUT2D eigenvalue weighted by Gasteiger charge is -2.20. The summed E-state index contributed by atoms with van der Waals surface area (Å²) in [4.78, 5) is 12.5. The molecule has 1 aliphatic rings. The second-order valence-electron chi connectivity index (χ2n) is 6.21. The number of nitrogens with zero attached hydrogens (tertiary/aromatic N) is 1. The molecule has 2 aromatic carbocycles. The third-order valence-corrected chi connectivity index (χ3v) is 6.19. The molecule has 2 aromatic rings. The normalized spacial score (nSPS) is 13.0. The number of hydrogen-bond acceptors (Lipinski definition) is 5. The summed E-state index contributed by atoms with van der Waals surface area (Å²) in [5, 5.41) is 2.75. The van der Waals surface area contributed by atoms with Gasteiger partial charge in [0.15, 0.2) is 11.5 Å². The van der Waals surface area contributed by atoms with Crippen LogP contribution in [0.5, 0.6) is 11.5 Å². The van der Waals surface area contributed by atoms with Crippen LogP contribution in [0.2, 0.25) is 0 Å². The molecule has 0 radical (unpaired) electrons. The first-order valence-corrected chi connectivity index (χ1v) is 10.1. The van der Waals surface area contributed by atoms with Crippen LogP contribution in [-0.4, -0.2) is 38.5 Å². The van der Waals surface area contributed by atoms with Crippen LogP contribution in [0.15, 0.2) is 47.4 Å². The number of nitrogens with one attached hydrogen (secondary N) is 1. The van der Waals surface area contributed by atoms with E-state index in [0.717, 1.165) is 15.4 Å². The van der Waals surface area contributed by atoms with E-state index < -0.39 is 10.0 Å². The number of amides is 1. The highest BCUT2D eigenvalue weighted by molar-refractivity contribution is 7.89. The average molecular weight is 390 g/mol. The summed E-state index contributed by atoms with van der Waals surface area (Å²) in [6.45, 7) is 4.02. The van der Waals surface area contributed by atoms with E-state index in [2.05, 4.69) is 5.32 Å². The van der Waals surface area contributed by atoms with Crippen LogP contribution in [0.3, 0.4) is 0 Å². The van der Waals surface area contributed by atoms with Gasteiger partial charge in [0.05, 0.1) is 11.4 Å². The van der Waals surface area contributed by atoms with E-state index in [-0.39, 0.29) is 37.2 Å². The van der Waals surface area contributed by atoms with Crippen LogP contribution in [0, 0.1) is 6.92 Å². The molecule has 1 N–H and O–H groups in total. The summed E-state index contributed by atoms with van der Waals surface area (Å²) in [6, 6.07) is 12.0. The fourth-order valence-corrected chi connectivity index (χ4v) is 4.10. The van der Waals surface area contributed by atoms with Crippen molar-refractivity contribution < 1.29 is 22.7 Å². The van der Waals surface area contributed by atoms with Crippen LogP contribution < -0.4 is 14.8 Å². The maximum Gasteiger partial charge on any atom is 0.243 e. The number of rotatable bonds is 7. The van der Waals surface area contributed by atoms with Crippen LogP contribution in [0.4, 0.5) is 0 Å². The lowest BCUT2D eigenvalue weighted by molar-refractivity contribution is -0.121. The van der Waals surface area contributed by atoms with Crippen molar-refractivity contribution in [3.05, 3.63) is 53.6 Å². The molecule has 3 rings (SSSR count). The van der Waals surface area contributed by atoms with Crippen LogP contribution in [0.1, 0.15) is 18.1 Å². The van der Waals surface area contributed by atoms with Crippen molar-refractivity contribution in [1.29, 1.82) is 0 Å². The zero-order valence-electron chi connectivity index (χ0n) is 15.3. The second-order valence-corrected chi connectivity index (χ2v) is 8.15. The Labute approximate surface area is 158 Å². The largest absolute Gasteiger partial charge is 0.454 e. The van der Waals surface area contributed by atoms with Crippen molar-refractivity contribution in [2.24, 2.45) is 0 Å². The molecule has 0 unspecified atom stereocenters. The quantitative estimate of drug-likeness (QED) is 0.782. The molecule has 144 valence electrons. The molecule has 7 nitrogen and oxygen atoms in total. The number of sulfonamides is 1. The molecule has 0 bridgehead atoms. The number of likely N-dealkylation sites (N-methyl/N-ethyl adjacent to an activating group) is 1. The van der Waals surface area contributed by atoms with Crippen LogP contribution in [0.25, 0.3) is 0 Å². The molecule has 0 saturated carbocycles. The molecule has 0 fully saturated rings. The molecule has 0 spiro atoms. The summed E-state index contributed by atoms with van der Waals surface area (Å²) in [7, 11) is -3.72. The molecule has 27 heavy (non-hydrogen) atoms. The maximum absolute atomic E-state index is 12.7. The Morgan fingerprint density at radius 1 is 1.11 bits per heavy atom. The van der Waals surface area contributed by atoms with Crippen LogP contribution in [-0.2, 0) is 21.4 Å². The Morgan fingerprint density at radius 2 is 1.81 bits per heavy atom. The first-order valence-electron chi connectivity index (χ1n) is 8.62. The highest BCUT2D eigenvalue weighted by Gasteiger charge is 2.25. The minimum absolute atomic E-state index is 0.179. The maximum atomic E-state index is 12.7. The summed E-state index contributed by atoms with van der Waals surface area (Å²) in [5.41, 5.74) is 1.82. The highest BCUT2D eigenvalue weighted by atomic mass is 32.2. The van der Waals surface area contributed by atoms with Gasteiger partial charge >= 0.3 is 0 Å². The zero-order valence-corrected chi connectivity index (χ0v) is 16.1. The van der Waals surface area contributed by atoms with Gasteiger partial charge in [-0.25, -0.2) is 8.42 Å². The first kappa shape index (κ1) is 19.2. The number of hydrogen-bond donors (Lipinski definition) is 1. The Bertz CT molecular complexity index is 926. The molecular weight excluding hydrogens is 368 g/mol. The van der Waals surface area contributed by atoms with Gasteiger partial charge in [0.2, 0.25) is 22.7 Å². The summed E-state index contributed by atoms with van der Waals surface area (Å²) in [6.07, 6.45) is 0. The molecule has 8 heteroatoms. The molecule has 1 aliphatic heterocycles. The molecule has 0 saturated heterocycles. The fourth-order valence-electron chi connectivity index (χ4n) is 2.69. The predicted molar refractivity (Wildman–Crippen MR) is 100 cm³/mol. The van der Waals surface area contributed by atoms with E-state index in [0.29, 0.717) is 11.5 Å². The van der Waals surface area contributed by atoms with E-state index in [1.807, 2.05) is 13.0 Å². The standard InChI is InChI=1S/C19H22N2O5S/c1-3-21(27(23,24)16-7-4-14(2)5-8-16)12-19(22)20-11-15-6-9-17-18(10-15)26-13-25-17/h4-10H,3,11-13H2,1-2H3,(H,20,22). The summed E-state index contributed by atoms with van der Waals surface area (Å²) in [5.74, 6) is 0.940. The van der Waals surface area contributed by atoms with Crippen molar-refractivity contribution in [1.82, 2.24) is 9.62 Å². The number of benzene rings is 2. The minimum Gasteiger partial charge on any atom is -0.454 e. The van der Waals surface area contributed by atoms with Gasteiger partial charge in [0, 0.05) is 13.1 Å². The smallest absolute Gasteiger partial charge is 0.243 e. The second kappa shape index (κ2) is 7.98. The zero-order chi connectivity index (χ0) is 19.4. The van der Waals surface area contributed by atoms with E-state index in [4.69, 9.17) is 9.47 Å². The molecule has 0 aromatic heterocycles. The van der Waals surface area contributed by atoms with Gasteiger partial charge in [-0.2, -0.15) is 4.31 Å². The van der Waals surface area contributed by atoms with Crippen molar-refractivity contribution in [2.45, 2.75) is 25.3 Å². The Balaban J connectivity index is 1.62. The van der Waals surface area contributed by atoms with Gasteiger partial charge in [-0.05, 0) is 36.8 Å². The van der Waals surface area contributed by atoms with Gasteiger partial charge in [-0.3, -0.25) is 4.79 Å². The molecule has 0 atom stereocenters. The van der Waals surface area contributed by atoms with Crippen molar-refractivity contribution in [3.63, 3.8) is 0 Å². The molecular formula is C19H22N2O5S. The molecule has 0 aliphatic carbocycles. The van der Waals surface area contributed by atoms with E-state index in [9.17, 15) is 13.2 Å². The van der Waals surface area contributed by atoms with Crippen molar-refractivity contribution in [2.75, 3.05) is 19.9 Å². The SMILES string of the molecule is CCN(CC(=O)NCc1ccc2c(c1)OCO2)S(=O)(=O)c1ccc(C)cc1. The lowest BCUT2D eigenvalue weighted by Crippen LogP contribution is -2.40. The van der Waals surface area contributed by atoms with Gasteiger partial charge < -0.3 is 14.8 Å². The van der Waals surface area contributed by atoms with Crippen molar-refractivity contribution >= 4 is 15.9 Å². The fraction of sp³-hybridized carbons (Fsp3) is 0.316. The highest BCUT2D eigenvalue weighted by Crippen LogP contribution is 2.32. The third kappa shape index (κ3) is 4.40. The third-order valence-electron chi connectivity index (χ3n) is 4.26. The van der Waals surface area contributed by atoms with E-state index in [1.165, 1.54) is 0 Å².